The van der Waals surface area contributed by atoms with Gasteiger partial charge >= 0.3 is 0 Å². The minimum Gasteiger partial charge on any atom is -0.337 e. The fraction of sp³-hybridized carbons (Fsp3) is 0.286. The Labute approximate surface area is 166 Å². The highest BCUT2D eigenvalue weighted by Gasteiger charge is 2.28. The number of carbonyl (C=O) groups excluding carboxylic acids is 1. The van der Waals surface area contributed by atoms with E-state index in [4.69, 9.17) is 0 Å². The Bertz CT molecular complexity index is 1280. The summed E-state index contributed by atoms with van der Waals surface area (Å²) in [6.07, 6.45) is 4.60. The smallest absolute Gasteiger partial charge is 0.275 e. The van der Waals surface area contributed by atoms with Crippen molar-refractivity contribution in [3.63, 3.8) is 0 Å². The van der Waals surface area contributed by atoms with Crippen molar-refractivity contribution in [3.05, 3.63) is 65.0 Å². The largest absolute Gasteiger partial charge is 0.337 e. The quantitative estimate of drug-likeness (QED) is 0.525. The first-order chi connectivity index (χ1) is 14.1. The van der Waals surface area contributed by atoms with Gasteiger partial charge in [-0.25, -0.2) is 9.97 Å². The summed E-state index contributed by atoms with van der Waals surface area (Å²) in [4.78, 5) is 36.2. The van der Waals surface area contributed by atoms with E-state index in [-0.39, 0.29) is 17.5 Å². The molecule has 1 aliphatic rings. The number of nitrogens with zero attached hydrogens (tertiary/aromatic N) is 6. The number of fused-ring (bicyclic) bond motifs is 2. The van der Waals surface area contributed by atoms with E-state index in [0.29, 0.717) is 42.7 Å². The number of piperidine rings is 1. The second-order valence-electron chi connectivity index (χ2n) is 7.34. The van der Waals surface area contributed by atoms with E-state index in [1.807, 2.05) is 36.2 Å². The van der Waals surface area contributed by atoms with Crippen LogP contribution in [-0.4, -0.2) is 48.2 Å². The molecule has 1 saturated heterocycles. The van der Waals surface area contributed by atoms with Gasteiger partial charge in [0.15, 0.2) is 11.3 Å². The Morgan fingerprint density at radius 3 is 2.62 bits per heavy atom. The fourth-order valence-electron chi connectivity index (χ4n) is 4.10. The Morgan fingerprint density at radius 1 is 1.03 bits per heavy atom. The summed E-state index contributed by atoms with van der Waals surface area (Å²) in [6, 6.07) is 11.3. The molecule has 1 amide bonds. The summed E-state index contributed by atoms with van der Waals surface area (Å²) >= 11 is 0. The molecule has 0 bridgehead atoms. The minimum atomic E-state index is -0.0800. The molecule has 0 atom stereocenters. The number of hydrogen-bond acceptors (Lipinski definition) is 5. The molecule has 8 heteroatoms. The molecular weight excluding hydrogens is 368 g/mol. The van der Waals surface area contributed by atoms with E-state index in [0.717, 1.165) is 10.9 Å². The number of rotatable bonds is 2. The molecule has 1 aromatic carbocycles. The number of pyridine rings is 1. The van der Waals surface area contributed by atoms with Gasteiger partial charge in [0.05, 0.1) is 10.9 Å². The first-order valence-electron chi connectivity index (χ1n) is 9.66. The number of carbonyl (C=O) groups is 1. The maximum Gasteiger partial charge on any atom is 0.275 e. The van der Waals surface area contributed by atoms with Crippen molar-refractivity contribution in [2.45, 2.75) is 18.9 Å². The van der Waals surface area contributed by atoms with Gasteiger partial charge in [-0.3, -0.25) is 18.8 Å². The average Bonchev–Trinajstić information content (AvgIpc) is 3.11. The lowest BCUT2D eigenvalue weighted by atomic mass is 10.0. The van der Waals surface area contributed by atoms with E-state index in [1.54, 1.807) is 33.9 Å². The molecule has 1 fully saturated rings. The zero-order valence-corrected chi connectivity index (χ0v) is 16.0. The highest BCUT2D eigenvalue weighted by atomic mass is 16.2. The van der Waals surface area contributed by atoms with Crippen molar-refractivity contribution in [1.29, 1.82) is 0 Å². The molecule has 0 unspecified atom stereocenters. The summed E-state index contributed by atoms with van der Waals surface area (Å²) < 4.78 is 3.42. The number of para-hydroxylation sites is 1. The fourth-order valence-corrected chi connectivity index (χ4v) is 4.10. The van der Waals surface area contributed by atoms with Crippen molar-refractivity contribution < 1.29 is 4.79 Å². The van der Waals surface area contributed by atoms with E-state index < -0.39 is 0 Å². The standard InChI is InChI=1S/C21H20N6O2/c1-25-17-7-3-2-5-15(17)18(24-25)21(29)26-11-8-14(9-12-26)27-13-23-19-16(20(27)28)6-4-10-22-19/h2-7,10,13-14H,8-9,11-12H2,1H3. The third-order valence-electron chi connectivity index (χ3n) is 5.66. The predicted molar refractivity (Wildman–Crippen MR) is 109 cm³/mol. The van der Waals surface area contributed by atoms with Crippen molar-refractivity contribution >= 4 is 27.8 Å². The van der Waals surface area contributed by atoms with Gasteiger partial charge in [-0.2, -0.15) is 5.10 Å². The lowest BCUT2D eigenvalue weighted by Gasteiger charge is -2.32. The Kier molecular flexibility index (Phi) is 4.12. The predicted octanol–water partition coefficient (Wildman–Crippen LogP) is 2.16. The lowest BCUT2D eigenvalue weighted by molar-refractivity contribution is 0.0688. The lowest BCUT2D eigenvalue weighted by Crippen LogP contribution is -2.41. The molecule has 146 valence electrons. The molecule has 29 heavy (non-hydrogen) atoms. The number of hydrogen-bond donors (Lipinski definition) is 0. The van der Waals surface area contributed by atoms with Crippen LogP contribution in [0.3, 0.4) is 0 Å². The summed E-state index contributed by atoms with van der Waals surface area (Å²) in [6.45, 7) is 1.15. The van der Waals surface area contributed by atoms with Gasteiger partial charge in [0.2, 0.25) is 0 Å². The summed E-state index contributed by atoms with van der Waals surface area (Å²) in [5, 5.41) is 5.83. The monoisotopic (exact) mass is 388 g/mol. The van der Waals surface area contributed by atoms with Crippen molar-refractivity contribution in [3.8, 4) is 0 Å². The van der Waals surface area contributed by atoms with Crippen LogP contribution >= 0.6 is 0 Å². The topological polar surface area (TPSA) is 85.9 Å². The van der Waals surface area contributed by atoms with Gasteiger partial charge in [0.1, 0.15) is 6.33 Å². The SMILES string of the molecule is Cn1nc(C(=O)N2CCC(n3cnc4ncccc4c3=O)CC2)c2ccccc21. The maximum absolute atomic E-state index is 13.1. The van der Waals surface area contributed by atoms with Crippen LogP contribution in [0.4, 0.5) is 0 Å². The van der Waals surface area contributed by atoms with Crippen LogP contribution in [0.15, 0.2) is 53.7 Å². The second-order valence-corrected chi connectivity index (χ2v) is 7.34. The van der Waals surface area contributed by atoms with Gasteiger partial charge in [-0.05, 0) is 31.0 Å². The molecule has 8 nitrogen and oxygen atoms in total. The average molecular weight is 388 g/mol. The zero-order valence-electron chi connectivity index (χ0n) is 16.0. The van der Waals surface area contributed by atoms with Gasteiger partial charge in [0, 0.05) is 37.8 Å². The Morgan fingerprint density at radius 2 is 1.79 bits per heavy atom. The van der Waals surface area contributed by atoms with E-state index in [2.05, 4.69) is 15.1 Å². The highest BCUT2D eigenvalue weighted by molar-refractivity contribution is 6.04. The van der Waals surface area contributed by atoms with Gasteiger partial charge < -0.3 is 4.90 Å². The molecule has 0 saturated carbocycles. The van der Waals surface area contributed by atoms with Gasteiger partial charge in [0.25, 0.3) is 11.5 Å². The molecule has 0 N–H and O–H groups in total. The van der Waals surface area contributed by atoms with Crippen LogP contribution in [0.2, 0.25) is 0 Å². The van der Waals surface area contributed by atoms with Crippen LogP contribution in [0, 0.1) is 0 Å². The third kappa shape index (κ3) is 2.88. The maximum atomic E-state index is 13.1. The molecule has 0 radical (unpaired) electrons. The van der Waals surface area contributed by atoms with E-state index in [9.17, 15) is 9.59 Å². The van der Waals surface area contributed by atoms with Crippen LogP contribution in [0.25, 0.3) is 21.9 Å². The molecule has 0 aliphatic carbocycles. The van der Waals surface area contributed by atoms with Crippen LogP contribution in [0.5, 0.6) is 0 Å². The first kappa shape index (κ1) is 17.5. The number of likely N-dealkylation sites (tertiary alicyclic amines) is 1. The molecule has 0 spiro atoms. The normalized spacial score (nSPS) is 15.3. The first-order valence-corrected chi connectivity index (χ1v) is 9.66. The number of benzene rings is 1. The highest BCUT2D eigenvalue weighted by Crippen LogP contribution is 2.25. The summed E-state index contributed by atoms with van der Waals surface area (Å²) in [5.41, 5.74) is 1.80. The van der Waals surface area contributed by atoms with Crippen LogP contribution in [0.1, 0.15) is 29.4 Å². The summed E-state index contributed by atoms with van der Waals surface area (Å²) in [7, 11) is 1.85. The van der Waals surface area contributed by atoms with E-state index >= 15 is 0 Å². The van der Waals surface area contributed by atoms with Crippen molar-refractivity contribution in [2.24, 2.45) is 7.05 Å². The van der Waals surface area contributed by atoms with Gasteiger partial charge in [-0.1, -0.05) is 18.2 Å². The molecule has 3 aromatic heterocycles. The Hall–Kier alpha value is -3.55. The Balaban J connectivity index is 1.37. The third-order valence-corrected chi connectivity index (χ3v) is 5.66. The molecular formula is C21H20N6O2. The van der Waals surface area contributed by atoms with E-state index in [1.165, 1.54) is 0 Å². The molecule has 1 aliphatic heterocycles. The van der Waals surface area contributed by atoms with Crippen LogP contribution in [-0.2, 0) is 7.05 Å². The van der Waals surface area contributed by atoms with Gasteiger partial charge in [-0.15, -0.1) is 0 Å². The second kappa shape index (κ2) is 6.80. The molecule has 4 heterocycles. The zero-order chi connectivity index (χ0) is 20.0. The van der Waals surface area contributed by atoms with Crippen molar-refractivity contribution in [1.82, 2.24) is 29.2 Å². The molecule has 5 rings (SSSR count). The van der Waals surface area contributed by atoms with Crippen LogP contribution < -0.4 is 5.56 Å². The van der Waals surface area contributed by atoms with Crippen molar-refractivity contribution in [2.75, 3.05) is 13.1 Å². The number of aromatic nitrogens is 5. The number of amides is 1. The summed E-state index contributed by atoms with van der Waals surface area (Å²) in [5.74, 6) is -0.0616. The minimum absolute atomic E-state index is 0.0177. The number of aryl methyl sites for hydroxylation is 1. The molecule has 4 aromatic rings.